The highest BCUT2D eigenvalue weighted by Gasteiger charge is 2.34. The molecule has 1 aliphatic heterocycles. The van der Waals surface area contributed by atoms with Crippen LogP contribution in [-0.4, -0.2) is 35.7 Å². The Bertz CT molecular complexity index is 416. The summed E-state index contributed by atoms with van der Waals surface area (Å²) < 4.78 is 10.6. The maximum absolute atomic E-state index is 11.8. The van der Waals surface area contributed by atoms with Gasteiger partial charge in [-0.1, -0.05) is 0 Å². The third-order valence-electron chi connectivity index (χ3n) is 2.99. The fourth-order valence-corrected chi connectivity index (χ4v) is 2.03. The molecule has 2 heterocycles. The molecule has 1 N–H and O–H groups in total. The Hall–Kier alpha value is -1.49. The van der Waals surface area contributed by atoms with Crippen LogP contribution in [0.4, 0.5) is 4.79 Å². The highest BCUT2D eigenvalue weighted by molar-refractivity contribution is 5.69. The monoisotopic (exact) mass is 266 g/mol. The summed E-state index contributed by atoms with van der Waals surface area (Å²) in [4.78, 5) is 13.5. The van der Waals surface area contributed by atoms with Crippen LogP contribution in [0, 0.1) is 0 Å². The summed E-state index contributed by atoms with van der Waals surface area (Å²) in [7, 11) is 0. The first kappa shape index (κ1) is 13.9. The van der Waals surface area contributed by atoms with E-state index >= 15 is 0 Å². The van der Waals surface area contributed by atoms with Crippen molar-refractivity contribution < 1.29 is 13.9 Å². The Labute approximate surface area is 113 Å². The average molecular weight is 266 g/mol. The van der Waals surface area contributed by atoms with Crippen molar-refractivity contribution >= 4 is 6.09 Å². The molecule has 0 radical (unpaired) electrons. The van der Waals surface area contributed by atoms with E-state index in [9.17, 15) is 4.79 Å². The van der Waals surface area contributed by atoms with Crippen LogP contribution in [0.5, 0.6) is 0 Å². The number of amides is 1. The molecule has 0 unspecified atom stereocenters. The van der Waals surface area contributed by atoms with E-state index in [0.29, 0.717) is 19.1 Å². The van der Waals surface area contributed by atoms with E-state index < -0.39 is 5.60 Å². The summed E-state index contributed by atoms with van der Waals surface area (Å²) in [6, 6.07) is 4.27. The Balaban J connectivity index is 1.73. The largest absolute Gasteiger partial charge is 0.468 e. The minimum Gasteiger partial charge on any atom is -0.468 e. The van der Waals surface area contributed by atoms with Gasteiger partial charge in [-0.25, -0.2) is 4.79 Å². The highest BCUT2D eigenvalue weighted by Crippen LogP contribution is 2.19. The van der Waals surface area contributed by atoms with Gasteiger partial charge in [0.05, 0.1) is 12.3 Å². The van der Waals surface area contributed by atoms with Gasteiger partial charge in [-0.2, -0.15) is 0 Å². The minimum absolute atomic E-state index is 0.154. The van der Waals surface area contributed by atoms with Gasteiger partial charge in [-0.15, -0.1) is 0 Å². The van der Waals surface area contributed by atoms with Gasteiger partial charge in [0.2, 0.25) is 0 Å². The van der Waals surface area contributed by atoms with Crippen LogP contribution in [0.1, 0.15) is 39.5 Å². The Morgan fingerprint density at radius 1 is 1.53 bits per heavy atom. The lowest BCUT2D eigenvalue weighted by molar-refractivity contribution is 0.00412. The van der Waals surface area contributed by atoms with E-state index in [-0.39, 0.29) is 12.1 Å². The van der Waals surface area contributed by atoms with Crippen molar-refractivity contribution in [3.05, 3.63) is 24.2 Å². The number of carbonyl (C=O) groups is 1. The van der Waals surface area contributed by atoms with Crippen LogP contribution < -0.4 is 5.32 Å². The molecule has 1 atom stereocenters. The number of likely N-dealkylation sites (tertiary alicyclic amines) is 1. The maximum Gasteiger partial charge on any atom is 0.410 e. The van der Waals surface area contributed by atoms with Crippen LogP contribution in [0.25, 0.3) is 0 Å². The predicted molar refractivity (Wildman–Crippen MR) is 71.9 cm³/mol. The van der Waals surface area contributed by atoms with Crippen LogP contribution in [0.3, 0.4) is 0 Å². The first-order valence-corrected chi connectivity index (χ1v) is 6.62. The van der Waals surface area contributed by atoms with Gasteiger partial charge in [0.25, 0.3) is 0 Å². The van der Waals surface area contributed by atoms with E-state index in [2.05, 4.69) is 12.2 Å². The Morgan fingerprint density at radius 2 is 2.21 bits per heavy atom. The molecule has 0 saturated carbocycles. The van der Waals surface area contributed by atoms with Gasteiger partial charge >= 0.3 is 6.09 Å². The smallest absolute Gasteiger partial charge is 0.410 e. The summed E-state index contributed by atoms with van der Waals surface area (Å²) in [5, 5.41) is 3.42. The third-order valence-corrected chi connectivity index (χ3v) is 2.99. The third kappa shape index (κ3) is 3.73. The molecule has 1 aliphatic rings. The molecule has 5 nitrogen and oxygen atoms in total. The van der Waals surface area contributed by atoms with Crippen molar-refractivity contribution in [2.75, 3.05) is 13.1 Å². The molecule has 1 aromatic rings. The fraction of sp³-hybridized carbons (Fsp3) is 0.643. The summed E-state index contributed by atoms with van der Waals surface area (Å²) in [6.07, 6.45) is 1.43. The summed E-state index contributed by atoms with van der Waals surface area (Å²) in [6.45, 7) is 9.03. The number of rotatable bonds is 3. The molecule has 0 aliphatic carbocycles. The van der Waals surface area contributed by atoms with Crippen LogP contribution in [-0.2, 0) is 4.74 Å². The molecule has 0 spiro atoms. The van der Waals surface area contributed by atoms with Gasteiger partial charge in [0.1, 0.15) is 11.4 Å². The topological polar surface area (TPSA) is 54.7 Å². The maximum atomic E-state index is 11.8. The number of nitrogens with one attached hydrogen (secondary N) is 1. The van der Waals surface area contributed by atoms with Gasteiger partial charge in [-0.05, 0) is 39.8 Å². The molecule has 1 aromatic heterocycles. The van der Waals surface area contributed by atoms with Crippen LogP contribution in [0.2, 0.25) is 0 Å². The Kier molecular flexibility index (Phi) is 3.85. The van der Waals surface area contributed by atoms with Gasteiger partial charge in [-0.3, -0.25) is 0 Å². The van der Waals surface area contributed by atoms with Gasteiger partial charge in [0, 0.05) is 19.1 Å². The molecule has 0 aromatic carbocycles. The van der Waals surface area contributed by atoms with Crippen molar-refractivity contribution in [2.24, 2.45) is 0 Å². The lowest BCUT2D eigenvalue weighted by atomic mass is 10.1. The molecule has 1 amide bonds. The van der Waals surface area contributed by atoms with Crippen molar-refractivity contribution in [2.45, 2.75) is 45.4 Å². The lowest BCUT2D eigenvalue weighted by Gasteiger charge is -2.41. The van der Waals surface area contributed by atoms with Crippen LogP contribution in [0.15, 0.2) is 22.8 Å². The summed E-state index contributed by atoms with van der Waals surface area (Å²) in [5.74, 6) is 0.913. The van der Waals surface area contributed by atoms with E-state index in [4.69, 9.17) is 9.15 Å². The number of carbonyl (C=O) groups excluding carboxylic acids is 1. The van der Waals surface area contributed by atoms with Crippen LogP contribution >= 0.6 is 0 Å². The number of furan rings is 1. The first-order valence-electron chi connectivity index (χ1n) is 6.62. The second kappa shape index (κ2) is 5.25. The quantitative estimate of drug-likeness (QED) is 0.913. The standard InChI is InChI=1S/C14H22N2O3/c1-10(12-6-5-7-18-12)15-11-8-16(9-11)13(17)19-14(2,3)4/h5-7,10-11,15H,8-9H2,1-4H3/t10-/m0/s1. The number of hydrogen-bond donors (Lipinski definition) is 1. The molecular formula is C14H22N2O3. The molecule has 1 fully saturated rings. The number of hydrogen-bond acceptors (Lipinski definition) is 4. The second-order valence-electron chi connectivity index (χ2n) is 5.99. The molecule has 19 heavy (non-hydrogen) atoms. The van der Waals surface area contributed by atoms with Crippen molar-refractivity contribution in [3.63, 3.8) is 0 Å². The van der Waals surface area contributed by atoms with E-state index in [0.717, 1.165) is 5.76 Å². The molecule has 0 bridgehead atoms. The van der Waals surface area contributed by atoms with Gasteiger partial charge in [0.15, 0.2) is 0 Å². The van der Waals surface area contributed by atoms with Gasteiger partial charge < -0.3 is 19.4 Å². The fourth-order valence-electron chi connectivity index (χ4n) is 2.03. The molecule has 5 heteroatoms. The molecule has 2 rings (SSSR count). The predicted octanol–water partition coefficient (Wildman–Crippen LogP) is 2.55. The number of ether oxygens (including phenoxy) is 1. The molecule has 1 saturated heterocycles. The minimum atomic E-state index is -0.433. The molecular weight excluding hydrogens is 244 g/mol. The number of nitrogens with zero attached hydrogens (tertiary/aromatic N) is 1. The highest BCUT2D eigenvalue weighted by atomic mass is 16.6. The SMILES string of the molecule is C[C@H](NC1CN(C(=O)OC(C)(C)C)C1)c1ccco1. The zero-order valence-corrected chi connectivity index (χ0v) is 12.0. The average Bonchev–Trinajstić information content (AvgIpc) is 2.72. The Morgan fingerprint density at radius 3 is 2.74 bits per heavy atom. The van der Waals surface area contributed by atoms with E-state index in [1.54, 1.807) is 11.2 Å². The normalized spacial score (nSPS) is 18.0. The zero-order valence-electron chi connectivity index (χ0n) is 12.0. The molecule has 106 valence electrons. The first-order chi connectivity index (χ1) is 8.85. The van der Waals surface area contributed by atoms with Crippen molar-refractivity contribution in [1.29, 1.82) is 0 Å². The second-order valence-corrected chi connectivity index (χ2v) is 5.99. The summed E-state index contributed by atoms with van der Waals surface area (Å²) >= 11 is 0. The van der Waals surface area contributed by atoms with E-state index in [1.807, 2.05) is 32.9 Å². The van der Waals surface area contributed by atoms with Crippen molar-refractivity contribution in [3.8, 4) is 0 Å². The zero-order chi connectivity index (χ0) is 14.0. The summed E-state index contributed by atoms with van der Waals surface area (Å²) in [5.41, 5.74) is -0.433. The van der Waals surface area contributed by atoms with Crippen molar-refractivity contribution in [1.82, 2.24) is 10.2 Å². The lowest BCUT2D eigenvalue weighted by Crippen LogP contribution is -2.60. The van der Waals surface area contributed by atoms with E-state index in [1.165, 1.54) is 0 Å².